The van der Waals surface area contributed by atoms with E-state index in [2.05, 4.69) is 0 Å². The Bertz CT molecular complexity index is 327. The summed E-state index contributed by atoms with van der Waals surface area (Å²) in [5.74, 6) is -0.118. The van der Waals surface area contributed by atoms with Crippen LogP contribution >= 0.6 is 0 Å². The lowest BCUT2D eigenvalue weighted by atomic mass is 9.95. The average molecular weight is 195 g/mol. The molecule has 14 heavy (non-hydrogen) atoms. The summed E-state index contributed by atoms with van der Waals surface area (Å²) in [4.78, 5) is 0. The second kappa shape index (κ2) is 4.07. The van der Waals surface area contributed by atoms with Crippen LogP contribution in [0.3, 0.4) is 0 Å². The summed E-state index contributed by atoms with van der Waals surface area (Å²) in [5.41, 5.74) is 7.26. The quantitative estimate of drug-likeness (QED) is 0.780. The minimum absolute atomic E-state index is 0.0144. The van der Waals surface area contributed by atoms with Gasteiger partial charge in [-0.3, -0.25) is 0 Å². The highest BCUT2D eigenvalue weighted by Crippen LogP contribution is 2.30. The van der Waals surface area contributed by atoms with Crippen molar-refractivity contribution in [2.75, 3.05) is 13.2 Å². The number of nitrogens with two attached hydrogens (primary N) is 1. The Morgan fingerprint density at radius 3 is 3.14 bits per heavy atom. The molecule has 1 atom stereocenters. The van der Waals surface area contributed by atoms with E-state index in [1.165, 1.54) is 6.07 Å². The number of halogens is 1. The second-order valence-corrected chi connectivity index (χ2v) is 3.49. The Labute approximate surface area is 82.9 Å². The molecule has 0 amide bonds. The summed E-state index contributed by atoms with van der Waals surface area (Å²) >= 11 is 0. The van der Waals surface area contributed by atoms with E-state index in [0.29, 0.717) is 19.6 Å². The van der Waals surface area contributed by atoms with Crippen molar-refractivity contribution >= 4 is 0 Å². The molecule has 2 N–H and O–H groups in total. The van der Waals surface area contributed by atoms with Crippen LogP contribution in [0.2, 0.25) is 0 Å². The van der Waals surface area contributed by atoms with Crippen molar-refractivity contribution in [1.82, 2.24) is 0 Å². The fourth-order valence-electron chi connectivity index (χ4n) is 1.92. The van der Waals surface area contributed by atoms with Gasteiger partial charge in [-0.05, 0) is 36.6 Å². The molecule has 1 aliphatic rings. The largest absolute Gasteiger partial charge is 0.373 e. The first-order valence-electron chi connectivity index (χ1n) is 4.92. The topological polar surface area (TPSA) is 35.2 Å². The van der Waals surface area contributed by atoms with Crippen molar-refractivity contribution in [3.8, 4) is 0 Å². The Hall–Kier alpha value is -0.930. The Morgan fingerprint density at radius 2 is 2.36 bits per heavy atom. The number of hydrogen-bond acceptors (Lipinski definition) is 2. The molecule has 0 aromatic heterocycles. The molecule has 2 nitrogen and oxygen atoms in total. The number of ether oxygens (including phenoxy) is 1. The minimum atomic E-state index is -0.118. The number of hydrogen-bond donors (Lipinski definition) is 1. The Morgan fingerprint density at radius 1 is 1.50 bits per heavy atom. The van der Waals surface area contributed by atoms with Crippen molar-refractivity contribution < 1.29 is 9.13 Å². The molecular weight excluding hydrogens is 181 g/mol. The zero-order valence-electron chi connectivity index (χ0n) is 8.00. The summed E-state index contributed by atoms with van der Waals surface area (Å²) < 4.78 is 19.0. The molecule has 0 aliphatic carbocycles. The van der Waals surface area contributed by atoms with Gasteiger partial charge in [-0.2, -0.15) is 0 Å². The molecule has 0 unspecified atom stereocenters. The van der Waals surface area contributed by atoms with Crippen LogP contribution in [-0.4, -0.2) is 13.2 Å². The lowest BCUT2D eigenvalue weighted by Crippen LogP contribution is -2.20. The standard InChI is InChI=1S/C11H14FNO/c12-10-3-1-2-9-8(10)5-7-14-11(9)4-6-13/h1-3,11H,4-7,13H2/t11-/m1/s1. The maximum Gasteiger partial charge on any atom is 0.126 e. The zero-order valence-corrected chi connectivity index (χ0v) is 8.00. The Kier molecular flexibility index (Phi) is 2.79. The lowest BCUT2D eigenvalue weighted by Gasteiger charge is -2.25. The van der Waals surface area contributed by atoms with Gasteiger partial charge in [0.15, 0.2) is 0 Å². The predicted octanol–water partition coefficient (Wildman–Crippen LogP) is 1.79. The van der Waals surface area contributed by atoms with E-state index in [9.17, 15) is 4.39 Å². The van der Waals surface area contributed by atoms with Crippen LogP contribution in [-0.2, 0) is 11.2 Å². The highest BCUT2D eigenvalue weighted by molar-refractivity contribution is 5.32. The van der Waals surface area contributed by atoms with Crippen molar-refractivity contribution in [3.05, 3.63) is 35.1 Å². The van der Waals surface area contributed by atoms with Crippen LogP contribution in [0.1, 0.15) is 23.7 Å². The van der Waals surface area contributed by atoms with Crippen molar-refractivity contribution in [1.29, 1.82) is 0 Å². The minimum Gasteiger partial charge on any atom is -0.373 e. The molecule has 2 rings (SSSR count). The van der Waals surface area contributed by atoms with Crippen molar-refractivity contribution in [2.45, 2.75) is 18.9 Å². The van der Waals surface area contributed by atoms with E-state index in [1.807, 2.05) is 6.07 Å². The van der Waals surface area contributed by atoms with Crippen LogP contribution in [0.15, 0.2) is 18.2 Å². The first-order valence-corrected chi connectivity index (χ1v) is 4.92. The molecule has 1 aromatic carbocycles. The third-order valence-corrected chi connectivity index (χ3v) is 2.60. The zero-order chi connectivity index (χ0) is 9.97. The maximum atomic E-state index is 13.4. The molecular formula is C11H14FNO. The van der Waals surface area contributed by atoms with Gasteiger partial charge < -0.3 is 10.5 Å². The van der Waals surface area contributed by atoms with Crippen LogP contribution in [0.4, 0.5) is 4.39 Å². The molecule has 1 aromatic rings. The fourth-order valence-corrected chi connectivity index (χ4v) is 1.92. The van der Waals surface area contributed by atoms with Crippen LogP contribution in [0.5, 0.6) is 0 Å². The number of rotatable bonds is 2. The predicted molar refractivity (Wildman–Crippen MR) is 52.5 cm³/mol. The summed E-state index contributed by atoms with van der Waals surface area (Å²) in [6, 6.07) is 5.16. The Balaban J connectivity index is 2.34. The molecule has 0 saturated carbocycles. The highest BCUT2D eigenvalue weighted by atomic mass is 19.1. The molecule has 3 heteroatoms. The van der Waals surface area contributed by atoms with Gasteiger partial charge in [-0.15, -0.1) is 0 Å². The average Bonchev–Trinajstić information content (AvgIpc) is 2.20. The second-order valence-electron chi connectivity index (χ2n) is 3.49. The van der Waals surface area contributed by atoms with Crippen molar-refractivity contribution in [2.24, 2.45) is 5.73 Å². The third-order valence-electron chi connectivity index (χ3n) is 2.60. The molecule has 0 fully saturated rings. The van der Waals surface area contributed by atoms with Gasteiger partial charge in [0.1, 0.15) is 5.82 Å². The van der Waals surface area contributed by atoms with E-state index >= 15 is 0 Å². The van der Waals surface area contributed by atoms with Gasteiger partial charge in [0.25, 0.3) is 0 Å². The van der Waals surface area contributed by atoms with Gasteiger partial charge in [0.05, 0.1) is 12.7 Å². The highest BCUT2D eigenvalue weighted by Gasteiger charge is 2.21. The molecule has 0 saturated heterocycles. The fraction of sp³-hybridized carbons (Fsp3) is 0.455. The van der Waals surface area contributed by atoms with Crippen LogP contribution < -0.4 is 5.73 Å². The van der Waals surface area contributed by atoms with Gasteiger partial charge in [-0.1, -0.05) is 12.1 Å². The summed E-state index contributed by atoms with van der Waals surface area (Å²) in [6.45, 7) is 1.17. The molecule has 0 spiro atoms. The number of fused-ring (bicyclic) bond motifs is 1. The smallest absolute Gasteiger partial charge is 0.126 e. The van der Waals surface area contributed by atoms with Gasteiger partial charge in [-0.25, -0.2) is 4.39 Å². The normalized spacial score (nSPS) is 20.6. The van der Waals surface area contributed by atoms with Gasteiger partial charge in [0, 0.05) is 0 Å². The SMILES string of the molecule is NCC[C@H]1OCCc2c(F)cccc21. The molecule has 1 heterocycles. The third kappa shape index (κ3) is 1.65. The molecule has 0 bridgehead atoms. The summed E-state index contributed by atoms with van der Waals surface area (Å²) in [6.07, 6.45) is 1.42. The van der Waals surface area contributed by atoms with Crippen LogP contribution in [0, 0.1) is 5.82 Å². The first-order chi connectivity index (χ1) is 6.83. The monoisotopic (exact) mass is 195 g/mol. The van der Waals surface area contributed by atoms with E-state index in [0.717, 1.165) is 17.5 Å². The molecule has 76 valence electrons. The van der Waals surface area contributed by atoms with Crippen molar-refractivity contribution in [3.63, 3.8) is 0 Å². The summed E-state index contributed by atoms with van der Waals surface area (Å²) in [7, 11) is 0. The van der Waals surface area contributed by atoms with Crippen LogP contribution in [0.25, 0.3) is 0 Å². The molecule has 0 radical (unpaired) electrons. The molecule has 1 aliphatic heterocycles. The first kappa shape index (κ1) is 9.62. The number of benzene rings is 1. The van der Waals surface area contributed by atoms with Gasteiger partial charge >= 0.3 is 0 Å². The van der Waals surface area contributed by atoms with E-state index in [1.54, 1.807) is 6.07 Å². The van der Waals surface area contributed by atoms with E-state index in [-0.39, 0.29) is 11.9 Å². The lowest BCUT2D eigenvalue weighted by molar-refractivity contribution is 0.0372. The maximum absolute atomic E-state index is 13.4. The summed E-state index contributed by atoms with van der Waals surface area (Å²) in [5, 5.41) is 0. The van der Waals surface area contributed by atoms with E-state index in [4.69, 9.17) is 10.5 Å². The van der Waals surface area contributed by atoms with E-state index < -0.39 is 0 Å². The van der Waals surface area contributed by atoms with Gasteiger partial charge in [0.2, 0.25) is 0 Å².